The molecule has 1 amide bonds. The summed E-state index contributed by atoms with van der Waals surface area (Å²) in [5, 5.41) is 2.82. The zero-order valence-corrected chi connectivity index (χ0v) is 22.4. The van der Waals surface area contributed by atoms with Gasteiger partial charge < -0.3 is 10.1 Å². The summed E-state index contributed by atoms with van der Waals surface area (Å²) >= 11 is 23.8. The van der Waals surface area contributed by atoms with E-state index in [-0.39, 0.29) is 22.7 Å². The highest BCUT2D eigenvalue weighted by molar-refractivity contribution is 6.68. The van der Waals surface area contributed by atoms with Crippen LogP contribution >= 0.6 is 46.4 Å². The number of carbonyl (C=O) groups is 1. The molecule has 0 fully saturated rings. The van der Waals surface area contributed by atoms with E-state index in [2.05, 4.69) is 10.3 Å². The van der Waals surface area contributed by atoms with Gasteiger partial charge in [-0.15, -0.1) is 0 Å². The van der Waals surface area contributed by atoms with Gasteiger partial charge in [0.25, 0.3) is 0 Å². The van der Waals surface area contributed by atoms with Gasteiger partial charge in [0.15, 0.2) is 5.60 Å². The van der Waals surface area contributed by atoms with E-state index in [9.17, 15) is 22.4 Å². The van der Waals surface area contributed by atoms with Crippen LogP contribution in [0.2, 0.25) is 5.02 Å². The number of nitrogens with zero attached hydrogens (tertiary/aromatic N) is 1. The van der Waals surface area contributed by atoms with Crippen LogP contribution in [0.25, 0.3) is 0 Å². The number of amides is 1. The number of aromatic nitrogens is 1. The molecule has 1 N–H and O–H groups in total. The Morgan fingerprint density at radius 3 is 2.14 bits per heavy atom. The van der Waals surface area contributed by atoms with Crippen molar-refractivity contribution in [1.82, 2.24) is 10.3 Å². The van der Waals surface area contributed by atoms with Gasteiger partial charge in [0.05, 0.1) is 16.3 Å². The molecule has 4 nitrogen and oxygen atoms in total. The summed E-state index contributed by atoms with van der Waals surface area (Å²) in [4.78, 5) is 17.5. The second kappa shape index (κ2) is 10.8. The largest absolute Gasteiger partial charge is 0.439 e. The van der Waals surface area contributed by atoms with Gasteiger partial charge in [0.1, 0.15) is 11.4 Å². The lowest BCUT2D eigenvalue weighted by molar-refractivity contribution is -0.137. The fourth-order valence-electron chi connectivity index (χ4n) is 3.54. The fraction of sp³-hybridized carbons (Fsp3) is 0.280. The minimum atomic E-state index is -4.87. The van der Waals surface area contributed by atoms with Crippen LogP contribution in [0.3, 0.4) is 0 Å². The smallest absolute Gasteiger partial charge is 0.416 e. The highest BCUT2D eigenvalue weighted by Gasteiger charge is 2.47. The molecular weight excluding hydrogens is 578 g/mol. The Hall–Kier alpha value is -2.26. The molecule has 0 saturated heterocycles. The molecular formula is C25H20Cl4F4N2O2. The van der Waals surface area contributed by atoms with Gasteiger partial charge in [-0.2, -0.15) is 13.2 Å². The first kappa shape index (κ1) is 29.3. The Labute approximate surface area is 230 Å². The molecule has 1 aromatic heterocycles. The van der Waals surface area contributed by atoms with Gasteiger partial charge >= 0.3 is 12.3 Å². The van der Waals surface area contributed by atoms with E-state index in [4.69, 9.17) is 51.1 Å². The molecule has 12 heteroatoms. The minimum Gasteiger partial charge on any atom is -0.439 e. The molecule has 0 bridgehead atoms. The van der Waals surface area contributed by atoms with Crippen molar-refractivity contribution < 1.29 is 27.1 Å². The first-order valence-electron chi connectivity index (χ1n) is 10.7. The molecule has 0 spiro atoms. The number of hydrogen-bond acceptors (Lipinski definition) is 3. The Morgan fingerprint density at radius 2 is 1.59 bits per heavy atom. The number of benzene rings is 2. The number of halogens is 8. The molecule has 198 valence electrons. The van der Waals surface area contributed by atoms with Crippen LogP contribution in [-0.4, -0.2) is 20.5 Å². The van der Waals surface area contributed by atoms with E-state index in [1.165, 1.54) is 32.2 Å². The Kier molecular flexibility index (Phi) is 8.59. The molecule has 1 atom stereocenters. The summed E-state index contributed by atoms with van der Waals surface area (Å²) in [6.07, 6.45) is -4.92. The van der Waals surface area contributed by atoms with Gasteiger partial charge in [0, 0.05) is 12.6 Å². The maximum atomic E-state index is 14.6. The van der Waals surface area contributed by atoms with Crippen molar-refractivity contribution in [2.24, 2.45) is 0 Å². The van der Waals surface area contributed by atoms with Gasteiger partial charge in [-0.3, -0.25) is 4.98 Å². The van der Waals surface area contributed by atoms with Crippen LogP contribution in [0.5, 0.6) is 0 Å². The number of ether oxygens (including phenoxy) is 1. The number of pyridine rings is 1. The maximum absolute atomic E-state index is 14.6. The predicted octanol–water partition coefficient (Wildman–Crippen LogP) is 8.25. The number of alkyl halides is 6. The third kappa shape index (κ3) is 6.99. The summed E-state index contributed by atoms with van der Waals surface area (Å²) in [7, 11) is 0. The van der Waals surface area contributed by atoms with Crippen LogP contribution in [0, 0.1) is 5.82 Å². The van der Waals surface area contributed by atoms with Crippen molar-refractivity contribution in [2.45, 2.75) is 41.4 Å². The van der Waals surface area contributed by atoms with Gasteiger partial charge in [0.2, 0.25) is 3.79 Å². The summed E-state index contributed by atoms with van der Waals surface area (Å²) < 4.78 is 59.0. The van der Waals surface area contributed by atoms with Crippen molar-refractivity contribution in [3.05, 3.63) is 100 Å². The van der Waals surface area contributed by atoms with Crippen molar-refractivity contribution >= 4 is 52.5 Å². The fourth-order valence-corrected chi connectivity index (χ4v) is 3.77. The first-order chi connectivity index (χ1) is 17.0. The first-order valence-corrected chi connectivity index (χ1v) is 12.2. The number of carbonyl (C=O) groups excluding carboxylic acids is 1. The lowest BCUT2D eigenvalue weighted by atomic mass is 9.80. The van der Waals surface area contributed by atoms with Crippen molar-refractivity contribution in [2.75, 3.05) is 0 Å². The molecule has 2 aromatic carbocycles. The highest BCUT2D eigenvalue weighted by Crippen LogP contribution is 2.42. The monoisotopic (exact) mass is 596 g/mol. The normalized spacial score (nSPS) is 14.1. The van der Waals surface area contributed by atoms with Crippen LogP contribution in [-0.2, 0) is 22.9 Å². The number of hydrogen-bond donors (Lipinski definition) is 1. The van der Waals surface area contributed by atoms with Gasteiger partial charge in [-0.1, -0.05) is 76.7 Å². The molecule has 0 aliphatic heterocycles. The average Bonchev–Trinajstić information content (AvgIpc) is 2.77. The second-order valence-electron chi connectivity index (χ2n) is 8.68. The lowest BCUT2D eigenvalue weighted by Gasteiger charge is -2.38. The molecule has 37 heavy (non-hydrogen) atoms. The van der Waals surface area contributed by atoms with E-state index < -0.39 is 38.6 Å². The van der Waals surface area contributed by atoms with E-state index >= 15 is 0 Å². The third-order valence-corrected chi connectivity index (χ3v) is 7.13. The maximum Gasteiger partial charge on any atom is 0.416 e. The standard InChI is InChI=1S/C25H20Cl4F4N2O2/c1-22(2,25(27,28)29)37-21(36)35-23(13-15-6-4-3-5-7-15,20-9-8-18(26)14-34-20)16-10-17(24(31,32)33)12-19(30)11-16/h3-12,14H,13H2,1-2H3,(H,35,36)/t23-/m1/s1. The second-order valence-corrected chi connectivity index (χ2v) is 11.4. The summed E-state index contributed by atoms with van der Waals surface area (Å²) in [6.45, 7) is 2.67. The van der Waals surface area contributed by atoms with Crippen LogP contribution in [0.15, 0.2) is 66.9 Å². The zero-order valence-electron chi connectivity index (χ0n) is 19.3. The molecule has 3 rings (SSSR count). The quantitative estimate of drug-likeness (QED) is 0.230. The Bertz CT molecular complexity index is 1250. The topological polar surface area (TPSA) is 51.2 Å². The van der Waals surface area contributed by atoms with E-state index in [0.29, 0.717) is 11.6 Å². The number of alkyl carbamates (subject to hydrolysis) is 1. The highest BCUT2D eigenvalue weighted by atomic mass is 35.6. The Balaban J connectivity index is 2.27. The molecule has 0 aliphatic rings. The molecule has 3 aromatic rings. The van der Waals surface area contributed by atoms with E-state index in [1.54, 1.807) is 30.3 Å². The van der Waals surface area contributed by atoms with Crippen LogP contribution in [0.1, 0.15) is 36.2 Å². The molecule has 0 unspecified atom stereocenters. The molecule has 0 saturated carbocycles. The van der Waals surface area contributed by atoms with Gasteiger partial charge in [-0.05, 0) is 55.3 Å². The van der Waals surface area contributed by atoms with Crippen molar-refractivity contribution in [3.8, 4) is 0 Å². The summed E-state index contributed by atoms with van der Waals surface area (Å²) in [5.41, 5.74) is -4.39. The van der Waals surface area contributed by atoms with E-state index in [0.717, 1.165) is 12.1 Å². The molecule has 0 aliphatic carbocycles. The Morgan fingerprint density at radius 1 is 0.973 bits per heavy atom. The summed E-state index contributed by atoms with van der Waals surface area (Å²) in [6, 6.07) is 13.3. The van der Waals surface area contributed by atoms with E-state index in [1.807, 2.05) is 0 Å². The van der Waals surface area contributed by atoms with Crippen LogP contribution in [0.4, 0.5) is 22.4 Å². The van der Waals surface area contributed by atoms with Crippen LogP contribution < -0.4 is 5.32 Å². The lowest BCUT2D eigenvalue weighted by Crippen LogP contribution is -2.52. The average molecular weight is 598 g/mol. The zero-order chi connectivity index (χ0) is 27.6. The molecule has 1 heterocycles. The minimum absolute atomic E-state index is 0.0584. The molecule has 0 radical (unpaired) electrons. The SMILES string of the molecule is CC(C)(OC(=O)N[C@](Cc1ccccc1)(c1cc(F)cc(C(F)(F)F)c1)c1ccc(Cl)cn1)C(Cl)(Cl)Cl. The van der Waals surface area contributed by atoms with Crippen molar-refractivity contribution in [3.63, 3.8) is 0 Å². The number of nitrogens with one attached hydrogen (secondary N) is 1. The number of rotatable bonds is 6. The third-order valence-electron chi connectivity index (χ3n) is 5.54. The van der Waals surface area contributed by atoms with Crippen molar-refractivity contribution in [1.29, 1.82) is 0 Å². The predicted molar refractivity (Wildman–Crippen MR) is 136 cm³/mol. The summed E-state index contributed by atoms with van der Waals surface area (Å²) in [5.74, 6) is -1.17. The van der Waals surface area contributed by atoms with Gasteiger partial charge in [-0.25, -0.2) is 9.18 Å².